The number of hydrogen-bond donors (Lipinski definition) is 1. The highest BCUT2D eigenvalue weighted by Crippen LogP contribution is 2.27. The Hall–Kier alpha value is -2.52. The summed E-state index contributed by atoms with van der Waals surface area (Å²) in [6.07, 6.45) is 0.531. The number of hydrogen-bond acceptors (Lipinski definition) is 7. The molecule has 1 amide bonds. The van der Waals surface area contributed by atoms with Gasteiger partial charge in [0.1, 0.15) is 22.0 Å². The zero-order valence-corrected chi connectivity index (χ0v) is 16.0. The normalized spacial score (nSPS) is 11.9. The van der Waals surface area contributed by atoms with Crippen molar-refractivity contribution in [1.82, 2.24) is 15.3 Å². The van der Waals surface area contributed by atoms with Crippen LogP contribution >= 0.6 is 23.1 Å². The predicted molar refractivity (Wildman–Crippen MR) is 102 cm³/mol. The Morgan fingerprint density at radius 3 is 2.81 bits per heavy atom. The molecule has 1 N–H and O–H groups in total. The van der Waals surface area contributed by atoms with Crippen LogP contribution in [0.15, 0.2) is 47.1 Å². The summed E-state index contributed by atoms with van der Waals surface area (Å²) in [5.41, 5.74) is 0.752. The summed E-state index contributed by atoms with van der Waals surface area (Å²) in [6.45, 7) is 1.73. The van der Waals surface area contributed by atoms with Gasteiger partial charge in [-0.25, -0.2) is 14.4 Å². The minimum absolute atomic E-state index is 0.0392. The van der Waals surface area contributed by atoms with Crippen molar-refractivity contribution < 1.29 is 18.7 Å². The van der Waals surface area contributed by atoms with Gasteiger partial charge in [-0.1, -0.05) is 23.9 Å². The molecule has 27 heavy (non-hydrogen) atoms. The van der Waals surface area contributed by atoms with Crippen molar-refractivity contribution in [3.63, 3.8) is 0 Å². The molecular formula is C18H16FN3O3S2. The van der Waals surface area contributed by atoms with Crippen LogP contribution in [0, 0.1) is 5.82 Å². The van der Waals surface area contributed by atoms with Crippen LogP contribution in [-0.2, 0) is 20.9 Å². The van der Waals surface area contributed by atoms with Gasteiger partial charge in [-0.15, -0.1) is 11.3 Å². The summed E-state index contributed by atoms with van der Waals surface area (Å²) < 4.78 is 18.0. The molecule has 0 radical (unpaired) electrons. The van der Waals surface area contributed by atoms with Crippen molar-refractivity contribution in [2.75, 3.05) is 5.75 Å². The molecule has 2 heterocycles. The maximum Gasteiger partial charge on any atom is 0.317 e. The molecule has 3 rings (SSSR count). The molecule has 2 aromatic heterocycles. The Labute approximate surface area is 163 Å². The van der Waals surface area contributed by atoms with Crippen LogP contribution in [0.1, 0.15) is 12.5 Å². The molecule has 0 bridgehead atoms. The second kappa shape index (κ2) is 8.92. The number of amides is 1. The standard InChI is InChI=1S/C18H16FN3O3S2/c1-11(16(24)20-8-12-2-4-13(19)5-3-12)25-15(23)9-27-18-14-6-7-26-17(14)21-10-22-18/h2-7,10-11H,8-9H2,1H3,(H,20,24)/t11-/m0/s1. The molecule has 0 aliphatic carbocycles. The van der Waals surface area contributed by atoms with Gasteiger partial charge in [-0.3, -0.25) is 9.59 Å². The maximum atomic E-state index is 12.9. The molecule has 0 aliphatic heterocycles. The average Bonchev–Trinajstić information content (AvgIpc) is 3.15. The average molecular weight is 405 g/mol. The Morgan fingerprint density at radius 1 is 1.26 bits per heavy atom. The first-order chi connectivity index (χ1) is 13.0. The number of benzene rings is 1. The molecule has 3 aromatic rings. The molecule has 9 heteroatoms. The Morgan fingerprint density at radius 2 is 2.04 bits per heavy atom. The van der Waals surface area contributed by atoms with Crippen LogP contribution in [-0.4, -0.2) is 33.7 Å². The number of thioether (sulfide) groups is 1. The summed E-state index contributed by atoms with van der Waals surface area (Å²) in [5.74, 6) is -1.22. The molecule has 0 fully saturated rings. The van der Waals surface area contributed by atoms with E-state index >= 15 is 0 Å². The van der Waals surface area contributed by atoms with Crippen molar-refractivity contribution in [1.29, 1.82) is 0 Å². The van der Waals surface area contributed by atoms with Gasteiger partial charge in [0, 0.05) is 11.9 Å². The van der Waals surface area contributed by atoms with Crippen molar-refractivity contribution in [3.05, 3.63) is 53.4 Å². The largest absolute Gasteiger partial charge is 0.452 e. The number of carbonyl (C=O) groups excluding carboxylic acids is 2. The fraction of sp³-hybridized carbons (Fsp3) is 0.222. The van der Waals surface area contributed by atoms with Crippen molar-refractivity contribution >= 4 is 45.2 Å². The van der Waals surface area contributed by atoms with Crippen molar-refractivity contribution in [3.8, 4) is 0 Å². The summed E-state index contributed by atoms with van der Waals surface area (Å²) in [6, 6.07) is 7.70. The van der Waals surface area contributed by atoms with Gasteiger partial charge in [0.05, 0.1) is 5.75 Å². The summed E-state index contributed by atoms with van der Waals surface area (Å²) in [7, 11) is 0. The minimum atomic E-state index is -0.926. The van der Waals surface area contributed by atoms with E-state index in [4.69, 9.17) is 4.74 Å². The highest BCUT2D eigenvalue weighted by atomic mass is 32.2. The first kappa shape index (κ1) is 19.2. The fourth-order valence-corrected chi connectivity index (χ4v) is 3.79. The lowest BCUT2D eigenvalue weighted by atomic mass is 10.2. The van der Waals surface area contributed by atoms with E-state index in [2.05, 4.69) is 15.3 Å². The maximum absolute atomic E-state index is 12.9. The smallest absolute Gasteiger partial charge is 0.317 e. The van der Waals surface area contributed by atoms with E-state index in [0.717, 1.165) is 15.8 Å². The Balaban J connectivity index is 1.46. The van der Waals surface area contributed by atoms with Gasteiger partial charge < -0.3 is 10.1 Å². The summed E-state index contributed by atoms with van der Waals surface area (Å²) in [4.78, 5) is 33.2. The molecule has 140 valence electrons. The monoisotopic (exact) mass is 405 g/mol. The van der Waals surface area contributed by atoms with Gasteiger partial charge in [0.25, 0.3) is 5.91 Å². The highest BCUT2D eigenvalue weighted by molar-refractivity contribution is 8.00. The molecule has 0 unspecified atom stereocenters. The molecule has 0 saturated heterocycles. The zero-order chi connectivity index (χ0) is 19.2. The third kappa shape index (κ3) is 5.24. The summed E-state index contributed by atoms with van der Waals surface area (Å²) in [5, 5.41) is 6.16. The minimum Gasteiger partial charge on any atom is -0.452 e. The van der Waals surface area contributed by atoms with E-state index in [0.29, 0.717) is 5.03 Å². The van der Waals surface area contributed by atoms with Crippen LogP contribution < -0.4 is 5.32 Å². The van der Waals surface area contributed by atoms with E-state index in [1.54, 1.807) is 12.1 Å². The van der Waals surface area contributed by atoms with Gasteiger partial charge in [-0.2, -0.15) is 0 Å². The van der Waals surface area contributed by atoms with Gasteiger partial charge in [-0.05, 0) is 36.1 Å². The SMILES string of the molecule is C[C@H](OC(=O)CSc1ncnc2sccc12)C(=O)NCc1ccc(F)cc1. The summed E-state index contributed by atoms with van der Waals surface area (Å²) >= 11 is 2.74. The first-order valence-corrected chi connectivity index (χ1v) is 9.92. The van der Waals surface area contributed by atoms with Crippen molar-refractivity contribution in [2.24, 2.45) is 0 Å². The molecule has 1 aromatic carbocycles. The number of halogens is 1. The van der Waals surface area contributed by atoms with E-state index < -0.39 is 18.0 Å². The molecule has 0 saturated carbocycles. The van der Waals surface area contributed by atoms with Gasteiger partial charge in [0.15, 0.2) is 6.10 Å². The third-order valence-electron chi connectivity index (χ3n) is 3.61. The molecule has 0 aliphatic rings. The number of esters is 1. The van der Waals surface area contributed by atoms with E-state index in [9.17, 15) is 14.0 Å². The fourth-order valence-electron chi connectivity index (χ4n) is 2.23. The van der Waals surface area contributed by atoms with Crippen LogP contribution in [0.3, 0.4) is 0 Å². The van der Waals surface area contributed by atoms with E-state index in [1.807, 2.05) is 11.4 Å². The lowest BCUT2D eigenvalue weighted by Crippen LogP contribution is -2.35. The van der Waals surface area contributed by atoms with Crippen LogP contribution in [0.4, 0.5) is 4.39 Å². The number of thiophene rings is 1. The highest BCUT2D eigenvalue weighted by Gasteiger charge is 2.18. The van der Waals surface area contributed by atoms with Gasteiger partial charge in [0.2, 0.25) is 0 Å². The van der Waals surface area contributed by atoms with Gasteiger partial charge >= 0.3 is 5.97 Å². The quantitative estimate of drug-likeness (QED) is 0.369. The lowest BCUT2D eigenvalue weighted by Gasteiger charge is -2.13. The number of aromatic nitrogens is 2. The van der Waals surface area contributed by atoms with Crippen LogP contribution in [0.2, 0.25) is 0 Å². The van der Waals surface area contributed by atoms with E-state index in [1.165, 1.54) is 48.5 Å². The number of carbonyl (C=O) groups is 2. The molecule has 1 atom stereocenters. The number of fused-ring (bicyclic) bond motifs is 1. The zero-order valence-electron chi connectivity index (χ0n) is 14.3. The second-order valence-corrected chi connectivity index (χ2v) is 7.44. The third-order valence-corrected chi connectivity index (χ3v) is 5.41. The van der Waals surface area contributed by atoms with Crippen molar-refractivity contribution in [2.45, 2.75) is 24.6 Å². The van der Waals surface area contributed by atoms with Crippen LogP contribution in [0.25, 0.3) is 10.2 Å². The molecule has 0 spiro atoms. The number of nitrogens with zero attached hydrogens (tertiary/aromatic N) is 2. The number of nitrogens with one attached hydrogen (secondary N) is 1. The van der Waals surface area contributed by atoms with Crippen LogP contribution in [0.5, 0.6) is 0 Å². The topological polar surface area (TPSA) is 81.2 Å². The first-order valence-electron chi connectivity index (χ1n) is 8.05. The molecule has 6 nitrogen and oxygen atoms in total. The lowest BCUT2D eigenvalue weighted by molar-refractivity contribution is -0.152. The Kier molecular flexibility index (Phi) is 6.36. The predicted octanol–water partition coefficient (Wildman–Crippen LogP) is 3.17. The number of rotatable bonds is 7. The second-order valence-electron chi connectivity index (χ2n) is 5.58. The molecular weight excluding hydrogens is 389 g/mol. The van der Waals surface area contributed by atoms with E-state index in [-0.39, 0.29) is 18.1 Å². The Bertz CT molecular complexity index is 946. The number of ether oxygens (including phenoxy) is 1.